The zero-order valence-electron chi connectivity index (χ0n) is 6.10. The maximum atomic E-state index is 11.0. The van der Waals surface area contributed by atoms with E-state index in [0.29, 0.717) is 0 Å². The minimum absolute atomic E-state index is 0.176. The van der Waals surface area contributed by atoms with Gasteiger partial charge in [0.1, 0.15) is 0 Å². The smallest absolute Gasteiger partial charge is 0.0490 e. The number of rotatable bonds is 0. The molecule has 1 aliphatic heterocycles. The van der Waals surface area contributed by atoms with Crippen molar-refractivity contribution >= 4 is 10.8 Å². The minimum Gasteiger partial charge on any atom is -0.255 e. The lowest BCUT2D eigenvalue weighted by Crippen LogP contribution is -2.09. The zero-order chi connectivity index (χ0) is 7.07. The Kier molecular flexibility index (Phi) is 1.51. The molecule has 1 rings (SSSR count). The van der Waals surface area contributed by atoms with Crippen LogP contribution in [0.2, 0.25) is 0 Å². The first-order chi connectivity index (χ1) is 4.01. The van der Waals surface area contributed by atoms with Gasteiger partial charge in [-0.3, -0.25) is 4.21 Å². The first kappa shape index (κ1) is 7.00. The molecule has 9 heavy (non-hydrogen) atoms. The molecule has 0 saturated carbocycles. The predicted molar refractivity (Wildman–Crippen MR) is 40.5 cm³/mol. The quantitative estimate of drug-likeness (QED) is 0.505. The standard InChI is InChI=1S/C7H12OS/c1-6-4-7(2,3)5-9(6)8/h4H,5H2,1-3H3. The van der Waals surface area contributed by atoms with Gasteiger partial charge in [0, 0.05) is 21.5 Å². The van der Waals surface area contributed by atoms with Crippen LogP contribution in [0.1, 0.15) is 20.8 Å². The molecular formula is C7H12OS. The summed E-state index contributed by atoms with van der Waals surface area (Å²) in [5.41, 5.74) is 0.176. The van der Waals surface area contributed by atoms with E-state index in [2.05, 4.69) is 19.9 Å². The lowest BCUT2D eigenvalue weighted by Gasteiger charge is -2.10. The minimum atomic E-state index is -0.676. The monoisotopic (exact) mass is 144 g/mol. The summed E-state index contributed by atoms with van der Waals surface area (Å²) in [6.45, 7) is 6.16. The van der Waals surface area contributed by atoms with E-state index in [4.69, 9.17) is 0 Å². The van der Waals surface area contributed by atoms with Crippen LogP contribution in [-0.4, -0.2) is 9.96 Å². The molecule has 2 heteroatoms. The van der Waals surface area contributed by atoms with Crippen molar-refractivity contribution in [1.29, 1.82) is 0 Å². The van der Waals surface area contributed by atoms with E-state index in [0.717, 1.165) is 10.7 Å². The van der Waals surface area contributed by atoms with Gasteiger partial charge in [-0.15, -0.1) is 0 Å². The SMILES string of the molecule is CC1=CC(C)(C)CS1=O. The molecule has 1 atom stereocenters. The average Bonchev–Trinajstić information content (AvgIpc) is 1.79. The van der Waals surface area contributed by atoms with Gasteiger partial charge in [-0.1, -0.05) is 19.9 Å². The average molecular weight is 144 g/mol. The topological polar surface area (TPSA) is 17.1 Å². The van der Waals surface area contributed by atoms with Crippen LogP contribution in [0.3, 0.4) is 0 Å². The summed E-state index contributed by atoms with van der Waals surface area (Å²) in [6, 6.07) is 0. The van der Waals surface area contributed by atoms with Gasteiger partial charge >= 0.3 is 0 Å². The third kappa shape index (κ3) is 1.42. The van der Waals surface area contributed by atoms with Crippen molar-refractivity contribution in [3.05, 3.63) is 11.0 Å². The maximum absolute atomic E-state index is 11.0. The van der Waals surface area contributed by atoms with Crippen LogP contribution >= 0.6 is 0 Å². The van der Waals surface area contributed by atoms with E-state index in [1.807, 2.05) is 6.92 Å². The predicted octanol–water partition coefficient (Wildman–Crippen LogP) is 1.68. The Hall–Kier alpha value is -0.110. The molecule has 0 spiro atoms. The lowest BCUT2D eigenvalue weighted by atomic mass is 9.97. The Bertz CT molecular complexity index is 179. The molecule has 0 N–H and O–H groups in total. The van der Waals surface area contributed by atoms with Crippen molar-refractivity contribution < 1.29 is 4.21 Å². The molecule has 0 fully saturated rings. The molecule has 0 radical (unpaired) electrons. The molecule has 1 aliphatic rings. The fraction of sp³-hybridized carbons (Fsp3) is 0.714. The summed E-state index contributed by atoms with van der Waals surface area (Å²) >= 11 is 0. The van der Waals surface area contributed by atoms with Gasteiger partial charge in [-0.05, 0) is 12.3 Å². The van der Waals surface area contributed by atoms with Gasteiger partial charge < -0.3 is 0 Å². The summed E-state index contributed by atoms with van der Waals surface area (Å²) in [7, 11) is -0.676. The molecule has 0 bridgehead atoms. The first-order valence-electron chi connectivity index (χ1n) is 3.09. The normalized spacial score (nSPS) is 32.3. The van der Waals surface area contributed by atoms with Gasteiger partial charge in [0.05, 0.1) is 0 Å². The fourth-order valence-electron chi connectivity index (χ4n) is 1.11. The highest BCUT2D eigenvalue weighted by Gasteiger charge is 2.26. The molecule has 52 valence electrons. The molecule has 0 aromatic carbocycles. The van der Waals surface area contributed by atoms with E-state index in [-0.39, 0.29) is 5.41 Å². The second kappa shape index (κ2) is 1.94. The van der Waals surface area contributed by atoms with Crippen molar-refractivity contribution in [2.24, 2.45) is 5.41 Å². The van der Waals surface area contributed by atoms with Crippen LogP contribution in [-0.2, 0) is 10.8 Å². The highest BCUT2D eigenvalue weighted by Crippen LogP contribution is 2.29. The van der Waals surface area contributed by atoms with Crippen LogP contribution in [0.25, 0.3) is 0 Å². The van der Waals surface area contributed by atoms with Crippen LogP contribution in [0.5, 0.6) is 0 Å². The summed E-state index contributed by atoms with van der Waals surface area (Å²) in [6.07, 6.45) is 2.10. The highest BCUT2D eigenvalue weighted by atomic mass is 32.2. The van der Waals surface area contributed by atoms with E-state index < -0.39 is 10.8 Å². The van der Waals surface area contributed by atoms with Crippen molar-refractivity contribution in [1.82, 2.24) is 0 Å². The third-order valence-corrected chi connectivity index (χ3v) is 3.30. The molecule has 0 amide bonds. The van der Waals surface area contributed by atoms with Crippen molar-refractivity contribution in [3.8, 4) is 0 Å². The zero-order valence-corrected chi connectivity index (χ0v) is 6.92. The van der Waals surface area contributed by atoms with Gasteiger partial charge in [-0.25, -0.2) is 0 Å². The second-order valence-electron chi connectivity index (χ2n) is 3.23. The Labute approximate surface area is 58.6 Å². The molecule has 0 aliphatic carbocycles. The van der Waals surface area contributed by atoms with Gasteiger partial charge in [-0.2, -0.15) is 0 Å². The van der Waals surface area contributed by atoms with E-state index >= 15 is 0 Å². The highest BCUT2D eigenvalue weighted by molar-refractivity contribution is 7.89. The Morgan fingerprint density at radius 3 is 2.33 bits per heavy atom. The molecule has 0 aromatic heterocycles. The van der Waals surface area contributed by atoms with Crippen molar-refractivity contribution in [2.45, 2.75) is 20.8 Å². The van der Waals surface area contributed by atoms with E-state index in [1.54, 1.807) is 0 Å². The third-order valence-electron chi connectivity index (χ3n) is 1.46. The van der Waals surface area contributed by atoms with Crippen molar-refractivity contribution in [3.63, 3.8) is 0 Å². The Morgan fingerprint density at radius 2 is 2.22 bits per heavy atom. The number of allylic oxidation sites excluding steroid dienone is 2. The summed E-state index contributed by atoms with van der Waals surface area (Å²) in [5, 5.41) is 0. The first-order valence-corrected chi connectivity index (χ1v) is 4.41. The van der Waals surface area contributed by atoms with Gasteiger partial charge in [0.25, 0.3) is 0 Å². The lowest BCUT2D eigenvalue weighted by molar-refractivity contribution is 0.556. The molecule has 0 aromatic rings. The number of hydrogen-bond donors (Lipinski definition) is 0. The largest absolute Gasteiger partial charge is 0.255 e. The van der Waals surface area contributed by atoms with Crippen LogP contribution < -0.4 is 0 Å². The second-order valence-corrected chi connectivity index (χ2v) is 4.86. The molecule has 1 unspecified atom stereocenters. The Balaban J connectivity index is 2.86. The van der Waals surface area contributed by atoms with E-state index in [9.17, 15) is 4.21 Å². The summed E-state index contributed by atoms with van der Waals surface area (Å²) in [4.78, 5) is 1.04. The molecule has 1 heterocycles. The Morgan fingerprint density at radius 1 is 1.67 bits per heavy atom. The number of hydrogen-bond acceptors (Lipinski definition) is 1. The maximum Gasteiger partial charge on any atom is 0.0490 e. The molecular weight excluding hydrogens is 132 g/mol. The van der Waals surface area contributed by atoms with E-state index in [1.165, 1.54) is 0 Å². The van der Waals surface area contributed by atoms with Crippen LogP contribution in [0, 0.1) is 5.41 Å². The fourth-order valence-corrected chi connectivity index (χ4v) is 2.55. The summed E-state index contributed by atoms with van der Waals surface area (Å²) in [5.74, 6) is 0.804. The van der Waals surface area contributed by atoms with Gasteiger partial charge in [0.2, 0.25) is 0 Å². The molecule has 0 saturated heterocycles. The van der Waals surface area contributed by atoms with Crippen molar-refractivity contribution in [2.75, 3.05) is 5.75 Å². The molecule has 1 nitrogen and oxygen atoms in total. The van der Waals surface area contributed by atoms with Crippen LogP contribution in [0.15, 0.2) is 11.0 Å². The van der Waals surface area contributed by atoms with Crippen LogP contribution in [0.4, 0.5) is 0 Å². The summed E-state index contributed by atoms with van der Waals surface area (Å²) < 4.78 is 11.0. The van der Waals surface area contributed by atoms with Gasteiger partial charge in [0.15, 0.2) is 0 Å².